The highest BCUT2D eigenvalue weighted by molar-refractivity contribution is 9.10. The summed E-state index contributed by atoms with van der Waals surface area (Å²) in [5.74, 6) is 1.11. The number of rotatable bonds is 4. The lowest BCUT2D eigenvalue weighted by Crippen LogP contribution is -2.00. The lowest BCUT2D eigenvalue weighted by atomic mass is 10.1. The number of carbonyl (C=O) groups excluding carboxylic acids is 1. The minimum Gasteiger partial charge on any atom is -0.493 e. The number of halogens is 1. The Morgan fingerprint density at radius 2 is 2.20 bits per heavy atom. The van der Waals surface area contributed by atoms with E-state index in [4.69, 9.17) is 14.2 Å². The summed E-state index contributed by atoms with van der Waals surface area (Å²) < 4.78 is 16.4. The van der Waals surface area contributed by atoms with E-state index in [1.165, 1.54) is 0 Å². The number of hydrogen-bond donors (Lipinski definition) is 0. The zero-order chi connectivity index (χ0) is 14.7. The second-order valence-electron chi connectivity index (χ2n) is 4.02. The number of esters is 1. The van der Waals surface area contributed by atoms with Gasteiger partial charge in [0, 0.05) is 6.92 Å². The molecule has 0 spiro atoms. The van der Waals surface area contributed by atoms with E-state index >= 15 is 0 Å². The van der Waals surface area contributed by atoms with Gasteiger partial charge < -0.3 is 14.2 Å². The molecule has 0 radical (unpaired) electrons. The predicted molar refractivity (Wildman–Crippen MR) is 79.0 cm³/mol. The van der Waals surface area contributed by atoms with E-state index in [9.17, 15) is 4.79 Å². The van der Waals surface area contributed by atoms with Crippen LogP contribution in [-0.4, -0.2) is 25.6 Å². The molecule has 0 aliphatic carbocycles. The molecule has 106 valence electrons. The van der Waals surface area contributed by atoms with Crippen molar-refractivity contribution in [1.82, 2.24) is 0 Å². The second kappa shape index (κ2) is 6.09. The Hall–Kier alpha value is -1.82. The van der Waals surface area contributed by atoms with Crippen LogP contribution in [0.15, 0.2) is 27.3 Å². The Morgan fingerprint density at radius 1 is 1.45 bits per heavy atom. The molecule has 1 aromatic carbocycles. The van der Waals surface area contributed by atoms with Gasteiger partial charge in [0.2, 0.25) is 0 Å². The summed E-state index contributed by atoms with van der Waals surface area (Å²) in [5, 5.41) is 0. The first-order chi connectivity index (χ1) is 9.55. The summed E-state index contributed by atoms with van der Waals surface area (Å²) in [6.45, 7) is 4.06. The number of methoxy groups -OCH3 is 1. The molecular formula is C14H14BrNO4. The third-order valence-corrected chi connectivity index (χ3v) is 3.16. The smallest absolute Gasteiger partial charge is 0.363 e. The Morgan fingerprint density at radius 3 is 2.75 bits per heavy atom. The Labute approximate surface area is 125 Å². The molecular weight excluding hydrogens is 326 g/mol. The van der Waals surface area contributed by atoms with Gasteiger partial charge in [0.25, 0.3) is 0 Å². The lowest BCUT2D eigenvalue weighted by molar-refractivity contribution is -0.130. The third-order valence-electron chi connectivity index (χ3n) is 2.57. The van der Waals surface area contributed by atoms with Crippen molar-refractivity contribution in [3.05, 3.63) is 27.9 Å². The zero-order valence-corrected chi connectivity index (χ0v) is 13.0. The predicted octanol–water partition coefficient (Wildman–Crippen LogP) is 3.17. The summed E-state index contributed by atoms with van der Waals surface area (Å²) >= 11 is 3.43. The van der Waals surface area contributed by atoms with Crippen molar-refractivity contribution in [2.24, 2.45) is 4.99 Å². The fourth-order valence-electron chi connectivity index (χ4n) is 1.78. The normalized spacial score (nSPS) is 16.1. The van der Waals surface area contributed by atoms with Gasteiger partial charge in [-0.2, -0.15) is 0 Å². The Balaban J connectivity index is 2.42. The number of hydrogen-bond acceptors (Lipinski definition) is 5. The molecule has 0 saturated carbocycles. The molecule has 1 aromatic rings. The van der Waals surface area contributed by atoms with Crippen LogP contribution >= 0.6 is 15.9 Å². The van der Waals surface area contributed by atoms with Crippen LogP contribution in [0.1, 0.15) is 19.4 Å². The molecule has 6 heteroatoms. The van der Waals surface area contributed by atoms with E-state index in [0.29, 0.717) is 24.0 Å². The van der Waals surface area contributed by atoms with Crippen molar-refractivity contribution in [3.63, 3.8) is 0 Å². The van der Waals surface area contributed by atoms with Crippen molar-refractivity contribution in [3.8, 4) is 11.5 Å². The summed E-state index contributed by atoms with van der Waals surface area (Å²) in [6.07, 6.45) is 1.64. The number of cyclic esters (lactones) is 1. The van der Waals surface area contributed by atoms with Gasteiger partial charge in [-0.05, 0) is 46.6 Å². The maximum Gasteiger partial charge on any atom is 0.363 e. The van der Waals surface area contributed by atoms with Gasteiger partial charge in [-0.1, -0.05) is 0 Å². The molecule has 0 aromatic heterocycles. The first-order valence-electron chi connectivity index (χ1n) is 6.04. The van der Waals surface area contributed by atoms with Gasteiger partial charge in [0.05, 0.1) is 18.2 Å². The summed E-state index contributed by atoms with van der Waals surface area (Å²) in [6, 6.07) is 3.61. The monoisotopic (exact) mass is 339 g/mol. The van der Waals surface area contributed by atoms with Crippen molar-refractivity contribution < 1.29 is 19.0 Å². The molecule has 1 aliphatic heterocycles. The van der Waals surface area contributed by atoms with Crippen LogP contribution in [0, 0.1) is 0 Å². The van der Waals surface area contributed by atoms with E-state index < -0.39 is 5.97 Å². The maximum absolute atomic E-state index is 11.5. The standard InChI is InChI=1S/C14H14BrNO4/c1-4-19-13-10(15)5-9(7-12(13)18-3)6-11-14(17)20-8(2)16-11/h5-7H,4H2,1-3H3/b11-6+. The van der Waals surface area contributed by atoms with Crippen LogP contribution in [0.5, 0.6) is 11.5 Å². The van der Waals surface area contributed by atoms with E-state index in [2.05, 4.69) is 20.9 Å². The maximum atomic E-state index is 11.5. The molecule has 0 fully saturated rings. The van der Waals surface area contributed by atoms with E-state index in [1.807, 2.05) is 13.0 Å². The van der Waals surface area contributed by atoms with Gasteiger partial charge in [-0.3, -0.25) is 0 Å². The van der Waals surface area contributed by atoms with Crippen LogP contribution in [-0.2, 0) is 9.53 Å². The van der Waals surface area contributed by atoms with Crippen LogP contribution in [0.25, 0.3) is 6.08 Å². The molecule has 5 nitrogen and oxygen atoms in total. The Bertz CT molecular complexity index is 607. The van der Waals surface area contributed by atoms with Crippen LogP contribution in [0.3, 0.4) is 0 Å². The van der Waals surface area contributed by atoms with E-state index in [1.54, 1.807) is 26.2 Å². The second-order valence-corrected chi connectivity index (χ2v) is 4.87. The van der Waals surface area contributed by atoms with Gasteiger partial charge >= 0.3 is 5.97 Å². The molecule has 0 unspecified atom stereocenters. The summed E-state index contributed by atoms with van der Waals surface area (Å²) in [5.41, 5.74) is 1.03. The highest BCUT2D eigenvalue weighted by Gasteiger charge is 2.20. The molecule has 2 rings (SSSR count). The van der Waals surface area contributed by atoms with Gasteiger partial charge in [0.15, 0.2) is 23.1 Å². The zero-order valence-electron chi connectivity index (χ0n) is 11.4. The van der Waals surface area contributed by atoms with Crippen LogP contribution in [0.4, 0.5) is 0 Å². The SMILES string of the molecule is CCOc1c(Br)cc(/C=C2/N=C(C)OC2=O)cc1OC. The molecule has 0 saturated heterocycles. The minimum atomic E-state index is -0.452. The van der Waals surface area contributed by atoms with Crippen molar-refractivity contribution >= 4 is 33.9 Å². The Kier molecular flexibility index (Phi) is 4.44. The third kappa shape index (κ3) is 3.01. The fourth-order valence-corrected chi connectivity index (χ4v) is 2.36. The molecule has 1 aliphatic rings. The number of ether oxygens (including phenoxy) is 3. The first-order valence-corrected chi connectivity index (χ1v) is 6.84. The van der Waals surface area contributed by atoms with Gasteiger partial charge in [0.1, 0.15) is 0 Å². The average Bonchev–Trinajstić information content (AvgIpc) is 2.70. The highest BCUT2D eigenvalue weighted by atomic mass is 79.9. The fraction of sp³-hybridized carbons (Fsp3) is 0.286. The largest absolute Gasteiger partial charge is 0.493 e. The molecule has 1 heterocycles. The molecule has 20 heavy (non-hydrogen) atoms. The molecule has 0 amide bonds. The van der Waals surface area contributed by atoms with Crippen LogP contribution < -0.4 is 9.47 Å². The van der Waals surface area contributed by atoms with Gasteiger partial charge in [-0.15, -0.1) is 0 Å². The number of aliphatic imine (C=N–C) groups is 1. The van der Waals surface area contributed by atoms with Crippen molar-refractivity contribution in [1.29, 1.82) is 0 Å². The highest BCUT2D eigenvalue weighted by Crippen LogP contribution is 2.37. The quantitative estimate of drug-likeness (QED) is 0.624. The minimum absolute atomic E-state index is 0.264. The number of carbonyl (C=O) groups is 1. The van der Waals surface area contributed by atoms with Crippen molar-refractivity contribution in [2.45, 2.75) is 13.8 Å². The molecule has 0 atom stereocenters. The first kappa shape index (κ1) is 14.6. The average molecular weight is 340 g/mol. The lowest BCUT2D eigenvalue weighted by Gasteiger charge is -2.12. The van der Waals surface area contributed by atoms with E-state index in [0.717, 1.165) is 10.0 Å². The van der Waals surface area contributed by atoms with E-state index in [-0.39, 0.29) is 5.70 Å². The topological polar surface area (TPSA) is 57.1 Å². The van der Waals surface area contributed by atoms with Crippen molar-refractivity contribution in [2.75, 3.05) is 13.7 Å². The van der Waals surface area contributed by atoms with Gasteiger partial charge in [-0.25, -0.2) is 9.79 Å². The molecule has 0 bridgehead atoms. The number of benzene rings is 1. The van der Waals surface area contributed by atoms with Crippen LogP contribution in [0.2, 0.25) is 0 Å². The summed E-state index contributed by atoms with van der Waals surface area (Å²) in [4.78, 5) is 15.6. The molecule has 0 N–H and O–H groups in total. The number of nitrogens with zero attached hydrogens (tertiary/aromatic N) is 1. The summed E-state index contributed by atoms with van der Waals surface area (Å²) in [7, 11) is 1.56.